The van der Waals surface area contributed by atoms with Crippen molar-refractivity contribution in [3.63, 3.8) is 0 Å². The second kappa shape index (κ2) is 22.6. The van der Waals surface area contributed by atoms with Crippen molar-refractivity contribution in [2.45, 2.75) is 5.92 Å². The monoisotopic (exact) mass is 1220 g/mol. The maximum atomic E-state index is 2.70. The normalized spacial score (nSPS) is 12.1. The molecule has 5 heteroatoms. The van der Waals surface area contributed by atoms with E-state index >= 15 is 0 Å². The summed E-state index contributed by atoms with van der Waals surface area (Å²) >= 11 is 0. The third-order valence-corrected chi connectivity index (χ3v) is 19.7. The lowest BCUT2D eigenvalue weighted by molar-refractivity contribution is 0.881. The van der Waals surface area contributed by atoms with E-state index in [0.717, 1.165) is 84.7 Å². The molecule has 2 aliphatic heterocycles. The van der Waals surface area contributed by atoms with Gasteiger partial charge < -0.3 is 23.8 Å². The minimum Gasteiger partial charge on any atom is -0.307 e. The molecule has 2 aromatic heterocycles. The number of hydrogen-bond acceptors (Lipinski definition) is 3. The first-order valence-electron chi connectivity index (χ1n) is 33.1. The summed E-state index contributed by atoms with van der Waals surface area (Å²) in [6, 6.07) is 135. The summed E-state index contributed by atoms with van der Waals surface area (Å²) < 4.78 is 5.40. The van der Waals surface area contributed by atoms with Crippen molar-refractivity contribution in [3.8, 4) is 55.9 Å². The van der Waals surface area contributed by atoms with Gasteiger partial charge in [0.15, 0.2) is 0 Å². The highest BCUT2D eigenvalue weighted by Crippen LogP contribution is 2.66. The van der Waals surface area contributed by atoms with Crippen molar-refractivity contribution in [2.24, 2.45) is 0 Å². The van der Waals surface area contributed by atoms with E-state index in [1.807, 2.05) is 0 Å². The third-order valence-electron chi connectivity index (χ3n) is 19.7. The number of nitrogens with zero attached hydrogens (tertiary/aromatic N) is 5. The third kappa shape index (κ3) is 8.71. The van der Waals surface area contributed by atoms with E-state index in [1.165, 1.54) is 82.6 Å². The van der Waals surface area contributed by atoms with Gasteiger partial charge in [0.2, 0.25) is 0 Å². The molecule has 0 saturated heterocycles. The molecule has 0 saturated carbocycles. The minimum atomic E-state index is -0.349. The lowest BCUT2D eigenvalue weighted by Gasteiger charge is -2.45. The van der Waals surface area contributed by atoms with Gasteiger partial charge in [-0.2, -0.15) is 0 Å². The average molecular weight is 1220 g/mol. The molecule has 0 amide bonds. The van der Waals surface area contributed by atoms with Gasteiger partial charge in [0, 0.05) is 67.2 Å². The topological polar surface area (TPSA) is 19.6 Å². The summed E-state index contributed by atoms with van der Waals surface area (Å²) in [6.45, 7) is 0. The summed E-state index contributed by atoms with van der Waals surface area (Å²) in [5.74, 6) is -0.349. The van der Waals surface area contributed by atoms with Crippen LogP contribution in [0.4, 0.5) is 51.2 Å². The number of aromatic nitrogens is 2. The van der Waals surface area contributed by atoms with E-state index in [2.05, 4.69) is 388 Å². The van der Waals surface area contributed by atoms with Crippen LogP contribution in [0, 0.1) is 0 Å². The van der Waals surface area contributed by atoms with Gasteiger partial charge in [-0.25, -0.2) is 0 Å². The Balaban J connectivity index is 1.13. The SMILES string of the molecule is c1ccc(-c2ccc3c(c2)c2cc(-c4ccccc4)cc4c2n3-c2c3c(c(N(c5ccccc5)c5ccccc5)c(N(c5ccccc5)c5ccccc5)c2N(c2ccccc2)c2ccccc2)-n2c5ccc(-c6ccccc6)cc5c5cc(-c6ccccc6)cc(c52)C34)cc1. The zero-order valence-corrected chi connectivity index (χ0v) is 52.5. The van der Waals surface area contributed by atoms with E-state index in [9.17, 15) is 0 Å². The quantitative estimate of drug-likeness (QED) is 0.115. The fraction of sp³-hybridized carbons (Fsp3) is 0.0110. The first-order valence-corrected chi connectivity index (χ1v) is 33.1. The van der Waals surface area contributed by atoms with E-state index in [1.54, 1.807) is 0 Å². The first kappa shape index (κ1) is 55.0. The summed E-state index contributed by atoms with van der Waals surface area (Å²) in [7, 11) is 0. The Hall–Kier alpha value is -12.7. The predicted octanol–water partition coefficient (Wildman–Crippen LogP) is 24.8. The summed E-state index contributed by atoms with van der Waals surface area (Å²) in [6.07, 6.45) is 0. The van der Waals surface area contributed by atoms with Crippen LogP contribution >= 0.6 is 0 Å². The molecule has 2 aliphatic rings. The maximum absolute atomic E-state index is 2.70. The molecular weight excluding hydrogens is 1160 g/mol. The smallest absolute Gasteiger partial charge is 0.0990 e. The highest BCUT2D eigenvalue weighted by molar-refractivity contribution is 6.21. The van der Waals surface area contributed by atoms with E-state index in [0.29, 0.717) is 0 Å². The Morgan fingerprint density at radius 1 is 0.208 bits per heavy atom. The molecule has 0 spiro atoms. The molecule has 0 radical (unpaired) electrons. The van der Waals surface area contributed by atoms with Gasteiger partial charge >= 0.3 is 0 Å². The van der Waals surface area contributed by atoms with Crippen molar-refractivity contribution in [2.75, 3.05) is 14.7 Å². The van der Waals surface area contributed by atoms with Crippen LogP contribution in [0.25, 0.3) is 99.5 Å². The summed E-state index contributed by atoms with van der Waals surface area (Å²) in [5, 5.41) is 4.75. The molecule has 96 heavy (non-hydrogen) atoms. The standard InChI is InChI=1S/C91H61N5/c1-11-31-61(32-12-1)65-51-53-81-75(55-65)77-57-67(63-35-15-3-16-36-63)59-79-83-80-60-68(64-37-17-4-18-38-64)58-78-76-56-66(62-33-13-2-14-34-62)52-54-82(76)96(86(78)80)88-84(83)87(95(81)85(77)79)89(92(69-39-19-5-20-40-69)70-41-21-6-22-42-70)91(94(73-47-27-9-28-48-73)74-49-29-10-30-50-74)90(88)93(71-43-23-7-24-44-71)72-45-25-8-26-46-72/h1-60,83H. The Labute approximate surface area is 557 Å². The first-order chi connectivity index (χ1) is 47.7. The summed E-state index contributed by atoms with van der Waals surface area (Å²) in [5.41, 5.74) is 28.9. The molecule has 0 atom stereocenters. The molecule has 0 fully saturated rings. The van der Waals surface area contributed by atoms with Crippen LogP contribution in [0.3, 0.4) is 0 Å². The Kier molecular flexibility index (Phi) is 12.9. The number of fused-ring (bicyclic) bond motifs is 10. The molecule has 0 unspecified atom stereocenters. The van der Waals surface area contributed by atoms with Crippen LogP contribution in [0.15, 0.2) is 364 Å². The highest BCUT2D eigenvalue weighted by atomic mass is 15.3. The highest BCUT2D eigenvalue weighted by Gasteiger charge is 2.47. The Morgan fingerprint density at radius 2 is 0.458 bits per heavy atom. The van der Waals surface area contributed by atoms with Gasteiger partial charge in [0.05, 0.1) is 50.5 Å². The van der Waals surface area contributed by atoms with Gasteiger partial charge in [-0.3, -0.25) is 0 Å². The van der Waals surface area contributed by atoms with E-state index in [-0.39, 0.29) is 5.92 Å². The predicted molar refractivity (Wildman–Crippen MR) is 402 cm³/mol. The lowest BCUT2D eigenvalue weighted by atomic mass is 9.75. The fourth-order valence-electron chi connectivity index (χ4n) is 15.7. The number of anilines is 9. The van der Waals surface area contributed by atoms with Crippen LogP contribution in [-0.4, -0.2) is 9.13 Å². The van der Waals surface area contributed by atoms with Crippen molar-refractivity contribution in [3.05, 3.63) is 381 Å². The second-order valence-electron chi connectivity index (χ2n) is 25.1. The summed E-state index contributed by atoms with van der Waals surface area (Å²) in [4.78, 5) is 7.70. The molecule has 17 aromatic rings. The molecule has 0 N–H and O–H groups in total. The van der Waals surface area contributed by atoms with Gasteiger partial charge in [-0.05, 0) is 177 Å². The largest absolute Gasteiger partial charge is 0.307 e. The van der Waals surface area contributed by atoms with Crippen LogP contribution in [0.5, 0.6) is 0 Å². The van der Waals surface area contributed by atoms with Crippen molar-refractivity contribution < 1.29 is 0 Å². The number of para-hydroxylation sites is 6. The van der Waals surface area contributed by atoms with E-state index in [4.69, 9.17) is 0 Å². The zero-order chi connectivity index (χ0) is 63.2. The Bertz CT molecular complexity index is 5350. The molecule has 0 bridgehead atoms. The van der Waals surface area contributed by atoms with Crippen LogP contribution in [-0.2, 0) is 0 Å². The number of rotatable bonds is 13. The van der Waals surface area contributed by atoms with Crippen LogP contribution < -0.4 is 14.7 Å². The van der Waals surface area contributed by atoms with Gasteiger partial charge in [0.1, 0.15) is 0 Å². The van der Waals surface area contributed by atoms with Crippen LogP contribution in [0.1, 0.15) is 22.6 Å². The molecule has 19 rings (SSSR count). The zero-order valence-electron chi connectivity index (χ0n) is 52.5. The maximum Gasteiger partial charge on any atom is 0.0990 e. The minimum absolute atomic E-state index is 0.349. The van der Waals surface area contributed by atoms with Crippen molar-refractivity contribution in [1.82, 2.24) is 9.13 Å². The molecule has 5 nitrogen and oxygen atoms in total. The van der Waals surface area contributed by atoms with Gasteiger partial charge in [-0.1, -0.05) is 243 Å². The molecular formula is C91H61N5. The Morgan fingerprint density at radius 3 is 0.750 bits per heavy atom. The van der Waals surface area contributed by atoms with Crippen molar-refractivity contribution >= 4 is 94.8 Å². The second-order valence-corrected chi connectivity index (χ2v) is 25.1. The van der Waals surface area contributed by atoms with Gasteiger partial charge in [-0.15, -0.1) is 0 Å². The molecule has 15 aromatic carbocycles. The molecule has 450 valence electrons. The van der Waals surface area contributed by atoms with Crippen LogP contribution in [0.2, 0.25) is 0 Å². The number of benzene rings is 15. The fourth-order valence-corrected chi connectivity index (χ4v) is 15.7. The lowest BCUT2D eigenvalue weighted by Crippen LogP contribution is -2.29. The van der Waals surface area contributed by atoms with E-state index < -0.39 is 0 Å². The average Bonchev–Trinajstić information content (AvgIpc) is 1.39. The van der Waals surface area contributed by atoms with Crippen molar-refractivity contribution in [1.29, 1.82) is 0 Å². The van der Waals surface area contributed by atoms with Gasteiger partial charge in [0.25, 0.3) is 0 Å². The molecule has 4 heterocycles. The number of hydrogen-bond donors (Lipinski definition) is 0. The molecule has 0 aliphatic carbocycles.